The first kappa shape index (κ1) is 25.2. The Morgan fingerprint density at radius 2 is 2.00 bits per heavy atom. The molecule has 38 heavy (non-hydrogen) atoms. The number of halogens is 2. The molecule has 0 bridgehead atoms. The number of nitrogens with zero attached hydrogens (tertiary/aromatic N) is 6. The Bertz CT molecular complexity index is 1570. The van der Waals surface area contributed by atoms with Gasteiger partial charge in [0.1, 0.15) is 5.69 Å². The van der Waals surface area contributed by atoms with Crippen LogP contribution in [0.4, 0.5) is 8.78 Å². The van der Waals surface area contributed by atoms with Crippen LogP contribution in [-0.4, -0.2) is 42.1 Å². The van der Waals surface area contributed by atoms with E-state index in [1.165, 1.54) is 10.6 Å². The van der Waals surface area contributed by atoms with E-state index in [1.54, 1.807) is 41.4 Å². The summed E-state index contributed by atoms with van der Waals surface area (Å²) in [6.45, 7) is 8.00. The van der Waals surface area contributed by atoms with Gasteiger partial charge in [0.05, 0.1) is 22.8 Å². The number of alkyl halides is 2. The first-order valence-corrected chi connectivity index (χ1v) is 12.2. The van der Waals surface area contributed by atoms with Crippen LogP contribution in [0, 0.1) is 6.92 Å². The molecule has 1 atom stereocenters. The molecule has 196 valence electrons. The molecule has 0 saturated carbocycles. The van der Waals surface area contributed by atoms with Gasteiger partial charge in [-0.2, -0.15) is 5.10 Å². The summed E-state index contributed by atoms with van der Waals surface area (Å²) in [5.74, 6) is -0.444. The summed E-state index contributed by atoms with van der Waals surface area (Å²) in [7, 11) is 0. The third kappa shape index (κ3) is 4.67. The molecule has 1 aliphatic rings. The fraction of sp³-hybridized carbons (Fsp3) is 0.296. The van der Waals surface area contributed by atoms with Crippen LogP contribution in [0.5, 0.6) is 0 Å². The highest BCUT2D eigenvalue weighted by Gasteiger charge is 2.36. The van der Waals surface area contributed by atoms with E-state index in [0.29, 0.717) is 35.4 Å². The number of allylic oxidation sites excluding steroid dienone is 1. The molecule has 0 aliphatic carbocycles. The standard InChI is InChI=1S/C27H27F2N7O2/c1-15(2)14-31-20-10-12-35(27(37)26-33-32-25(38-26)19-8-6-11-30-17(19)4)23(16(20)3)21-13-18-7-5-9-22(24(28)29)36(18)34-21/h5-9,11,13-14,23-24,31H,10,12H2,1-4H3. The number of nitrogens with one attached hydrogen (secondary N) is 1. The topological polar surface area (TPSA) is 101 Å². The van der Waals surface area contributed by atoms with Crippen LogP contribution >= 0.6 is 0 Å². The second kappa shape index (κ2) is 10.2. The van der Waals surface area contributed by atoms with Gasteiger partial charge in [-0.25, -0.2) is 13.3 Å². The second-order valence-electron chi connectivity index (χ2n) is 9.38. The lowest BCUT2D eigenvalue weighted by Gasteiger charge is -2.36. The van der Waals surface area contributed by atoms with Gasteiger partial charge in [-0.05, 0) is 69.8 Å². The number of fused-ring (bicyclic) bond motifs is 1. The number of carbonyl (C=O) groups is 1. The molecular weight excluding hydrogens is 492 g/mol. The van der Waals surface area contributed by atoms with Crippen LogP contribution in [0.1, 0.15) is 67.4 Å². The summed E-state index contributed by atoms with van der Waals surface area (Å²) in [6, 6.07) is 9.24. The number of rotatable bonds is 6. The summed E-state index contributed by atoms with van der Waals surface area (Å²) in [6.07, 6.45) is 1.40. The van der Waals surface area contributed by atoms with Crippen LogP contribution in [-0.2, 0) is 0 Å². The Morgan fingerprint density at radius 3 is 2.74 bits per heavy atom. The molecule has 1 amide bonds. The Hall–Kier alpha value is -4.41. The maximum absolute atomic E-state index is 13.7. The van der Waals surface area contributed by atoms with Gasteiger partial charge >= 0.3 is 11.8 Å². The molecular formula is C27H27F2N7O2. The molecule has 4 aromatic heterocycles. The Kier molecular flexibility index (Phi) is 6.75. The number of aryl methyl sites for hydroxylation is 1. The molecule has 11 heteroatoms. The summed E-state index contributed by atoms with van der Waals surface area (Å²) >= 11 is 0. The second-order valence-corrected chi connectivity index (χ2v) is 9.38. The fourth-order valence-electron chi connectivity index (χ4n) is 4.58. The number of pyridine rings is 2. The molecule has 5 rings (SSSR count). The van der Waals surface area contributed by atoms with E-state index >= 15 is 0 Å². The minimum Gasteiger partial charge on any atom is -0.412 e. The highest BCUT2D eigenvalue weighted by Crippen LogP contribution is 2.36. The summed E-state index contributed by atoms with van der Waals surface area (Å²) in [5, 5.41) is 15.9. The Morgan fingerprint density at radius 1 is 1.18 bits per heavy atom. The molecule has 1 aliphatic heterocycles. The minimum absolute atomic E-state index is 0.168. The van der Waals surface area contributed by atoms with Gasteiger partial charge in [-0.15, -0.1) is 10.2 Å². The molecule has 9 nitrogen and oxygen atoms in total. The number of hydrogen-bond acceptors (Lipinski definition) is 7. The van der Waals surface area contributed by atoms with Crippen molar-refractivity contribution in [1.29, 1.82) is 0 Å². The van der Waals surface area contributed by atoms with E-state index in [1.807, 2.05) is 33.9 Å². The third-order valence-corrected chi connectivity index (χ3v) is 6.48. The van der Waals surface area contributed by atoms with Crippen LogP contribution in [0.15, 0.2) is 70.1 Å². The molecule has 0 fully saturated rings. The zero-order valence-corrected chi connectivity index (χ0v) is 21.4. The van der Waals surface area contributed by atoms with Gasteiger partial charge in [0, 0.05) is 30.6 Å². The molecule has 5 heterocycles. The van der Waals surface area contributed by atoms with Crippen molar-refractivity contribution in [2.75, 3.05) is 6.54 Å². The molecule has 0 radical (unpaired) electrons. The van der Waals surface area contributed by atoms with E-state index < -0.39 is 18.4 Å². The SMILES string of the molecule is CC(C)=CNC1=C(C)C(c2cc3cccc(C(F)F)n3n2)N(C(=O)c2nnc(-c3cccnc3C)o2)CC1. The van der Waals surface area contributed by atoms with Gasteiger partial charge in [-0.1, -0.05) is 11.6 Å². The molecule has 1 N–H and O–H groups in total. The lowest BCUT2D eigenvalue weighted by Crippen LogP contribution is -2.41. The molecule has 0 saturated heterocycles. The smallest absolute Gasteiger partial charge is 0.312 e. The van der Waals surface area contributed by atoms with E-state index in [0.717, 1.165) is 16.8 Å². The van der Waals surface area contributed by atoms with E-state index in [-0.39, 0.29) is 17.5 Å². The highest BCUT2D eigenvalue weighted by atomic mass is 19.3. The van der Waals surface area contributed by atoms with Gasteiger partial charge < -0.3 is 14.6 Å². The molecule has 1 unspecified atom stereocenters. The van der Waals surface area contributed by atoms with Crippen LogP contribution in [0.3, 0.4) is 0 Å². The average Bonchev–Trinajstić information content (AvgIpc) is 3.55. The van der Waals surface area contributed by atoms with E-state index in [4.69, 9.17) is 4.42 Å². The van der Waals surface area contributed by atoms with Crippen LogP contribution in [0.25, 0.3) is 17.0 Å². The normalized spacial score (nSPS) is 15.9. The van der Waals surface area contributed by atoms with Gasteiger partial charge in [-0.3, -0.25) is 9.78 Å². The van der Waals surface area contributed by atoms with Crippen molar-refractivity contribution in [3.05, 3.63) is 88.6 Å². The Balaban J connectivity index is 1.57. The predicted octanol–water partition coefficient (Wildman–Crippen LogP) is 5.40. The minimum atomic E-state index is -2.70. The van der Waals surface area contributed by atoms with Gasteiger partial charge in [0.15, 0.2) is 0 Å². The molecule has 0 aromatic carbocycles. The average molecular weight is 520 g/mol. The lowest BCUT2D eigenvalue weighted by molar-refractivity contribution is 0.0645. The first-order valence-electron chi connectivity index (χ1n) is 12.2. The third-order valence-electron chi connectivity index (χ3n) is 6.48. The van der Waals surface area contributed by atoms with Crippen LogP contribution in [0.2, 0.25) is 0 Å². The van der Waals surface area contributed by atoms with Crippen molar-refractivity contribution in [3.63, 3.8) is 0 Å². The zero-order chi connectivity index (χ0) is 27.0. The summed E-state index contributed by atoms with van der Waals surface area (Å²) < 4.78 is 34.4. The van der Waals surface area contributed by atoms with Gasteiger partial charge in [0.25, 0.3) is 6.43 Å². The van der Waals surface area contributed by atoms with Crippen molar-refractivity contribution in [3.8, 4) is 11.5 Å². The van der Waals surface area contributed by atoms with Crippen molar-refractivity contribution in [1.82, 2.24) is 35.0 Å². The van der Waals surface area contributed by atoms with Gasteiger partial charge in [0.2, 0.25) is 5.89 Å². The highest BCUT2D eigenvalue weighted by molar-refractivity contribution is 5.90. The molecule has 4 aromatic rings. The van der Waals surface area contributed by atoms with Crippen molar-refractivity contribution < 1.29 is 18.0 Å². The van der Waals surface area contributed by atoms with Crippen molar-refractivity contribution in [2.24, 2.45) is 0 Å². The predicted molar refractivity (Wildman–Crippen MR) is 136 cm³/mol. The van der Waals surface area contributed by atoms with E-state index in [2.05, 4.69) is 25.6 Å². The summed E-state index contributed by atoms with van der Waals surface area (Å²) in [5.41, 5.74) is 4.94. The fourth-order valence-corrected chi connectivity index (χ4v) is 4.58. The number of aromatic nitrogens is 5. The number of amides is 1. The quantitative estimate of drug-likeness (QED) is 0.364. The maximum Gasteiger partial charge on any atom is 0.312 e. The lowest BCUT2D eigenvalue weighted by atomic mass is 9.95. The van der Waals surface area contributed by atoms with E-state index in [9.17, 15) is 13.6 Å². The number of carbonyl (C=O) groups excluding carboxylic acids is 1. The van der Waals surface area contributed by atoms with Crippen molar-refractivity contribution in [2.45, 2.75) is 46.6 Å². The zero-order valence-electron chi connectivity index (χ0n) is 21.4. The maximum atomic E-state index is 13.7. The number of hydrogen-bond donors (Lipinski definition) is 1. The largest absolute Gasteiger partial charge is 0.412 e. The monoisotopic (exact) mass is 519 g/mol. The summed E-state index contributed by atoms with van der Waals surface area (Å²) in [4.78, 5) is 19.6. The van der Waals surface area contributed by atoms with Crippen LogP contribution < -0.4 is 5.32 Å². The van der Waals surface area contributed by atoms with Crippen molar-refractivity contribution >= 4 is 11.4 Å². The first-order chi connectivity index (χ1) is 18.2. The Labute approximate surface area is 217 Å². The molecule has 0 spiro atoms.